The van der Waals surface area contributed by atoms with Gasteiger partial charge in [-0.1, -0.05) is 12.1 Å². The Labute approximate surface area is 119 Å². The highest BCUT2D eigenvalue weighted by Crippen LogP contribution is 2.46. The number of nitrogens with zero attached hydrogens (tertiary/aromatic N) is 1. The summed E-state index contributed by atoms with van der Waals surface area (Å²) in [6, 6.07) is 6.69. The van der Waals surface area contributed by atoms with Crippen LogP contribution in [0.25, 0.3) is 0 Å². The number of benzene rings is 1. The summed E-state index contributed by atoms with van der Waals surface area (Å²) < 4.78 is 43.2. The first-order valence-electron chi connectivity index (χ1n) is 6.64. The first-order valence-corrected chi connectivity index (χ1v) is 6.64. The van der Waals surface area contributed by atoms with Gasteiger partial charge in [-0.2, -0.15) is 13.2 Å². The quantitative estimate of drug-likeness (QED) is 0.930. The molecule has 114 valence electrons. The second-order valence-electron chi connectivity index (χ2n) is 5.45. The molecule has 1 atom stereocenters. The lowest BCUT2D eigenvalue weighted by Crippen LogP contribution is -2.39. The molecule has 1 aliphatic carbocycles. The van der Waals surface area contributed by atoms with Crippen LogP contribution in [0.5, 0.6) is 5.75 Å². The number of hydrogen-bond acceptors (Lipinski definition) is 3. The highest BCUT2D eigenvalue weighted by Gasteiger charge is 2.60. The Morgan fingerprint density at radius 3 is 2.43 bits per heavy atom. The topological polar surface area (TPSA) is 41.6 Å². The summed E-state index contributed by atoms with van der Waals surface area (Å²) in [7, 11) is 1.52. The smallest absolute Gasteiger partial charge is 0.406 e. The minimum Gasteiger partial charge on any atom is -0.497 e. The van der Waals surface area contributed by atoms with Crippen molar-refractivity contribution < 1.29 is 22.7 Å². The van der Waals surface area contributed by atoms with Gasteiger partial charge in [0.1, 0.15) is 24.0 Å². The number of halogens is 3. The number of rotatable bonds is 3. The van der Waals surface area contributed by atoms with Gasteiger partial charge >= 0.3 is 6.18 Å². The maximum Gasteiger partial charge on any atom is 0.406 e. The average Bonchev–Trinajstić information content (AvgIpc) is 3.17. The largest absolute Gasteiger partial charge is 0.497 e. The number of carbonyl (C=O) groups is 1. The molecule has 1 saturated carbocycles. The van der Waals surface area contributed by atoms with Crippen LogP contribution >= 0.6 is 0 Å². The Kier molecular flexibility index (Phi) is 3.12. The standard InChI is InChI=1S/C14H15F3N2O2/c1-21-10-4-2-9(3-5-10)11-18-13(6-7-13)12(20)19(11)8-14(15,16)17/h2-5,11,18H,6-8H2,1H3. The molecule has 1 saturated heterocycles. The Morgan fingerprint density at radius 1 is 1.33 bits per heavy atom. The van der Waals surface area contributed by atoms with Crippen molar-refractivity contribution in [3.05, 3.63) is 29.8 Å². The molecule has 0 aromatic heterocycles. The van der Waals surface area contributed by atoms with Crippen LogP contribution in [0.1, 0.15) is 24.6 Å². The van der Waals surface area contributed by atoms with Gasteiger partial charge in [0.15, 0.2) is 0 Å². The molecule has 1 heterocycles. The molecule has 2 aliphatic rings. The van der Waals surface area contributed by atoms with E-state index < -0.39 is 30.3 Å². The number of hydrogen-bond donors (Lipinski definition) is 1. The number of methoxy groups -OCH3 is 1. The van der Waals surface area contributed by atoms with Crippen molar-refractivity contribution in [2.75, 3.05) is 13.7 Å². The number of ether oxygens (including phenoxy) is 1. The molecule has 1 aromatic carbocycles. The van der Waals surface area contributed by atoms with Crippen molar-refractivity contribution >= 4 is 5.91 Å². The lowest BCUT2D eigenvalue weighted by atomic mass is 10.1. The van der Waals surface area contributed by atoms with E-state index in [1.807, 2.05) is 0 Å². The molecular formula is C14H15F3N2O2. The summed E-state index contributed by atoms with van der Waals surface area (Å²) in [5.41, 5.74) is -0.160. The Bertz CT molecular complexity index is 552. The van der Waals surface area contributed by atoms with Crippen LogP contribution < -0.4 is 10.1 Å². The summed E-state index contributed by atoms with van der Waals surface area (Å²) in [5, 5.41) is 3.05. The lowest BCUT2D eigenvalue weighted by Gasteiger charge is -2.25. The molecular weight excluding hydrogens is 285 g/mol. The van der Waals surface area contributed by atoms with Crippen LogP contribution in [0.2, 0.25) is 0 Å². The highest BCUT2D eigenvalue weighted by molar-refractivity contribution is 5.92. The summed E-state index contributed by atoms with van der Waals surface area (Å²) in [6.45, 7) is -1.24. The van der Waals surface area contributed by atoms with Gasteiger partial charge in [0.2, 0.25) is 5.91 Å². The van der Waals surface area contributed by atoms with E-state index in [1.54, 1.807) is 24.3 Å². The van der Waals surface area contributed by atoms with Gasteiger partial charge in [0.05, 0.1) is 7.11 Å². The van der Waals surface area contributed by atoms with Crippen LogP contribution in [-0.4, -0.2) is 36.2 Å². The van der Waals surface area contributed by atoms with Gasteiger partial charge in [0, 0.05) is 0 Å². The average molecular weight is 300 g/mol. The van der Waals surface area contributed by atoms with E-state index >= 15 is 0 Å². The summed E-state index contributed by atoms with van der Waals surface area (Å²) >= 11 is 0. The van der Waals surface area contributed by atoms with E-state index in [9.17, 15) is 18.0 Å². The fourth-order valence-corrected chi connectivity index (χ4v) is 2.68. The third-order valence-corrected chi connectivity index (χ3v) is 3.93. The maximum absolute atomic E-state index is 12.7. The summed E-state index contributed by atoms with van der Waals surface area (Å²) in [4.78, 5) is 13.1. The Balaban J connectivity index is 1.88. The van der Waals surface area contributed by atoms with Crippen LogP contribution in [-0.2, 0) is 4.79 Å². The monoisotopic (exact) mass is 300 g/mol. The fraction of sp³-hybridized carbons (Fsp3) is 0.500. The minimum absolute atomic E-state index is 0.458. The molecule has 1 spiro atoms. The third kappa shape index (κ3) is 2.57. The molecule has 7 heteroatoms. The predicted molar refractivity (Wildman–Crippen MR) is 68.6 cm³/mol. The van der Waals surface area contributed by atoms with E-state index in [2.05, 4.69) is 5.32 Å². The van der Waals surface area contributed by atoms with Crippen molar-refractivity contribution in [3.8, 4) is 5.75 Å². The number of alkyl halides is 3. The molecule has 1 N–H and O–H groups in total. The zero-order valence-electron chi connectivity index (χ0n) is 11.4. The van der Waals surface area contributed by atoms with Crippen LogP contribution in [0.15, 0.2) is 24.3 Å². The highest BCUT2D eigenvalue weighted by atomic mass is 19.4. The predicted octanol–water partition coefficient (Wildman–Crippen LogP) is 2.22. The molecule has 0 radical (unpaired) electrons. The van der Waals surface area contributed by atoms with E-state index in [-0.39, 0.29) is 0 Å². The van der Waals surface area contributed by atoms with Crippen molar-refractivity contribution in [2.45, 2.75) is 30.7 Å². The van der Waals surface area contributed by atoms with Gasteiger partial charge in [-0.05, 0) is 30.5 Å². The summed E-state index contributed by atoms with van der Waals surface area (Å²) in [6.07, 6.45) is -3.98. The van der Waals surface area contributed by atoms with Gasteiger partial charge in [-0.3, -0.25) is 10.1 Å². The van der Waals surface area contributed by atoms with Gasteiger partial charge < -0.3 is 9.64 Å². The van der Waals surface area contributed by atoms with E-state index in [1.165, 1.54) is 7.11 Å². The number of nitrogens with one attached hydrogen (secondary N) is 1. The van der Waals surface area contributed by atoms with Crippen LogP contribution in [0.3, 0.4) is 0 Å². The fourth-order valence-electron chi connectivity index (χ4n) is 2.68. The van der Waals surface area contributed by atoms with E-state index in [4.69, 9.17) is 4.74 Å². The maximum atomic E-state index is 12.7. The lowest BCUT2D eigenvalue weighted by molar-refractivity contribution is -0.162. The summed E-state index contributed by atoms with van der Waals surface area (Å²) in [5.74, 6) is 0.159. The van der Waals surface area contributed by atoms with E-state index in [0.717, 1.165) is 4.90 Å². The van der Waals surface area contributed by atoms with Crippen LogP contribution in [0, 0.1) is 0 Å². The Morgan fingerprint density at radius 2 is 1.95 bits per heavy atom. The van der Waals surface area contributed by atoms with Crippen LogP contribution in [0.4, 0.5) is 13.2 Å². The SMILES string of the molecule is COc1ccc(C2NC3(CC3)C(=O)N2CC(F)(F)F)cc1. The normalized spacial score (nSPS) is 23.7. The van der Waals surface area contributed by atoms with E-state index in [0.29, 0.717) is 24.2 Å². The second kappa shape index (κ2) is 4.62. The van der Waals surface area contributed by atoms with Crippen molar-refractivity contribution in [2.24, 2.45) is 0 Å². The molecule has 1 aromatic rings. The molecule has 2 fully saturated rings. The van der Waals surface area contributed by atoms with Gasteiger partial charge in [-0.15, -0.1) is 0 Å². The second-order valence-corrected chi connectivity index (χ2v) is 5.45. The van der Waals surface area contributed by atoms with Crippen molar-refractivity contribution in [1.29, 1.82) is 0 Å². The third-order valence-electron chi connectivity index (χ3n) is 3.93. The molecule has 1 amide bonds. The molecule has 1 aliphatic heterocycles. The van der Waals surface area contributed by atoms with Gasteiger partial charge in [-0.25, -0.2) is 0 Å². The number of amides is 1. The Hall–Kier alpha value is -1.76. The number of carbonyl (C=O) groups excluding carboxylic acids is 1. The minimum atomic E-state index is -4.41. The molecule has 0 bridgehead atoms. The van der Waals surface area contributed by atoms with Gasteiger partial charge in [0.25, 0.3) is 0 Å². The van der Waals surface area contributed by atoms with Crippen molar-refractivity contribution in [3.63, 3.8) is 0 Å². The first-order chi connectivity index (χ1) is 9.85. The molecule has 1 unspecified atom stereocenters. The molecule has 3 rings (SSSR count). The zero-order valence-corrected chi connectivity index (χ0v) is 11.4. The molecule has 4 nitrogen and oxygen atoms in total. The van der Waals surface area contributed by atoms with Crippen molar-refractivity contribution in [1.82, 2.24) is 10.2 Å². The molecule has 21 heavy (non-hydrogen) atoms. The first kappa shape index (κ1) is 14.2. The zero-order chi connectivity index (χ0) is 15.3.